The lowest BCUT2D eigenvalue weighted by Crippen LogP contribution is -2.46. The molecule has 0 radical (unpaired) electrons. The van der Waals surface area contributed by atoms with Crippen LogP contribution in [-0.4, -0.2) is 43.7 Å². The van der Waals surface area contributed by atoms with Crippen LogP contribution in [0.1, 0.15) is 31.9 Å². The Morgan fingerprint density at radius 3 is 2.11 bits per heavy atom. The second-order valence-electron chi connectivity index (χ2n) is 8.47. The number of hydrogen-bond acceptors (Lipinski definition) is 7. The topological polar surface area (TPSA) is 110 Å². The first-order chi connectivity index (χ1) is 17.6. The van der Waals surface area contributed by atoms with Crippen molar-refractivity contribution in [1.29, 1.82) is 0 Å². The van der Waals surface area contributed by atoms with Gasteiger partial charge in [0.05, 0.1) is 24.1 Å². The van der Waals surface area contributed by atoms with Crippen molar-refractivity contribution >= 4 is 33.5 Å². The Hall–Kier alpha value is -4.02. The van der Waals surface area contributed by atoms with Gasteiger partial charge in [0.25, 0.3) is 5.91 Å². The number of rotatable bonds is 8. The molecule has 1 heterocycles. The van der Waals surface area contributed by atoms with Gasteiger partial charge in [0.15, 0.2) is 0 Å². The van der Waals surface area contributed by atoms with Crippen LogP contribution >= 0.6 is 0 Å². The summed E-state index contributed by atoms with van der Waals surface area (Å²) in [6.45, 7) is 2.95. The number of benzene rings is 3. The number of hydrogen-bond donors (Lipinski definition) is 0. The van der Waals surface area contributed by atoms with E-state index in [0.717, 1.165) is 9.21 Å². The number of esters is 1. The molecule has 0 aromatic heterocycles. The third-order valence-corrected chi connectivity index (χ3v) is 8.08. The normalized spacial score (nSPS) is 16.6. The summed E-state index contributed by atoms with van der Waals surface area (Å²) in [7, 11) is -2.74. The molecule has 0 spiro atoms. The van der Waals surface area contributed by atoms with Crippen LogP contribution in [-0.2, 0) is 24.4 Å². The SMILES string of the molecule is COc1ccc(S(=O)(=O)N(C2CC(=O)N(c3ccc(OC(C)=O)cc3)C2=O)C(C)c2ccccc2)cc1. The Labute approximate surface area is 215 Å². The number of sulfonamides is 1. The predicted molar refractivity (Wildman–Crippen MR) is 136 cm³/mol. The summed E-state index contributed by atoms with van der Waals surface area (Å²) in [4.78, 5) is 38.8. The summed E-state index contributed by atoms with van der Waals surface area (Å²) in [6, 6.07) is 18.6. The molecule has 1 fully saturated rings. The van der Waals surface area contributed by atoms with Crippen molar-refractivity contribution < 1.29 is 32.3 Å². The van der Waals surface area contributed by atoms with Crippen LogP contribution in [0.3, 0.4) is 0 Å². The molecule has 192 valence electrons. The molecule has 2 atom stereocenters. The van der Waals surface area contributed by atoms with E-state index in [4.69, 9.17) is 9.47 Å². The van der Waals surface area contributed by atoms with Gasteiger partial charge in [-0.25, -0.2) is 13.3 Å². The first kappa shape index (κ1) is 26.1. The van der Waals surface area contributed by atoms with Crippen molar-refractivity contribution in [2.45, 2.75) is 37.2 Å². The number of nitrogens with zero attached hydrogens (tertiary/aromatic N) is 2. The molecule has 0 saturated carbocycles. The number of ether oxygens (including phenoxy) is 2. The summed E-state index contributed by atoms with van der Waals surface area (Å²) < 4.78 is 39.1. The Bertz CT molecular complexity index is 1410. The number of imide groups is 1. The van der Waals surface area contributed by atoms with E-state index in [2.05, 4.69) is 0 Å². The van der Waals surface area contributed by atoms with E-state index in [-0.39, 0.29) is 22.8 Å². The molecule has 9 nitrogen and oxygen atoms in total. The highest BCUT2D eigenvalue weighted by atomic mass is 32.2. The molecule has 0 bridgehead atoms. The van der Waals surface area contributed by atoms with Gasteiger partial charge in [0.2, 0.25) is 15.9 Å². The molecule has 2 amide bonds. The third-order valence-electron chi connectivity index (χ3n) is 6.09. The zero-order valence-electron chi connectivity index (χ0n) is 20.5. The molecule has 0 aliphatic carbocycles. The fourth-order valence-electron chi connectivity index (χ4n) is 4.31. The Morgan fingerprint density at radius 1 is 0.946 bits per heavy atom. The minimum atomic E-state index is -4.22. The quantitative estimate of drug-likeness (QED) is 0.252. The Morgan fingerprint density at radius 2 is 1.54 bits per heavy atom. The Kier molecular flexibility index (Phi) is 7.42. The molecule has 1 aliphatic rings. The highest BCUT2D eigenvalue weighted by Crippen LogP contribution is 2.36. The van der Waals surface area contributed by atoms with Gasteiger partial charge in [-0.05, 0) is 61.0 Å². The van der Waals surface area contributed by atoms with E-state index in [9.17, 15) is 22.8 Å². The van der Waals surface area contributed by atoms with Gasteiger partial charge in [0.1, 0.15) is 17.5 Å². The summed E-state index contributed by atoms with van der Waals surface area (Å²) in [6.07, 6.45) is -0.322. The van der Waals surface area contributed by atoms with Gasteiger partial charge < -0.3 is 9.47 Å². The van der Waals surface area contributed by atoms with E-state index >= 15 is 0 Å². The highest BCUT2D eigenvalue weighted by Gasteiger charge is 2.49. The average molecular weight is 523 g/mol. The first-order valence-corrected chi connectivity index (χ1v) is 13.0. The number of methoxy groups -OCH3 is 1. The van der Waals surface area contributed by atoms with E-state index in [0.29, 0.717) is 11.3 Å². The molecule has 1 aliphatic heterocycles. The minimum Gasteiger partial charge on any atom is -0.497 e. The van der Waals surface area contributed by atoms with Crippen LogP contribution in [0.2, 0.25) is 0 Å². The van der Waals surface area contributed by atoms with Crippen molar-refractivity contribution in [3.05, 3.63) is 84.4 Å². The van der Waals surface area contributed by atoms with E-state index in [1.165, 1.54) is 62.6 Å². The van der Waals surface area contributed by atoms with Crippen LogP contribution in [0.15, 0.2) is 83.8 Å². The van der Waals surface area contributed by atoms with Crippen molar-refractivity contribution in [3.63, 3.8) is 0 Å². The second-order valence-corrected chi connectivity index (χ2v) is 10.3. The smallest absolute Gasteiger partial charge is 0.308 e. The van der Waals surface area contributed by atoms with Gasteiger partial charge in [0, 0.05) is 13.0 Å². The summed E-state index contributed by atoms with van der Waals surface area (Å²) in [5.41, 5.74) is 0.923. The lowest BCUT2D eigenvalue weighted by molar-refractivity contribution is -0.132. The van der Waals surface area contributed by atoms with Crippen LogP contribution in [0.25, 0.3) is 0 Å². The average Bonchev–Trinajstić information content (AvgIpc) is 3.17. The molecule has 3 aromatic rings. The lowest BCUT2D eigenvalue weighted by Gasteiger charge is -2.32. The fourth-order valence-corrected chi connectivity index (χ4v) is 6.07. The van der Waals surface area contributed by atoms with Crippen LogP contribution in [0.5, 0.6) is 11.5 Å². The van der Waals surface area contributed by atoms with Gasteiger partial charge in [-0.1, -0.05) is 30.3 Å². The summed E-state index contributed by atoms with van der Waals surface area (Å²) in [5, 5.41) is 0. The van der Waals surface area contributed by atoms with E-state index < -0.39 is 39.9 Å². The molecule has 37 heavy (non-hydrogen) atoms. The second kappa shape index (κ2) is 10.5. The van der Waals surface area contributed by atoms with Crippen molar-refractivity contribution in [2.75, 3.05) is 12.0 Å². The standard InChI is InChI=1S/C27H26N2O7S/c1-18(20-7-5-4-6-8-20)29(37(33,34)24-15-13-22(35-3)14-16-24)25-17-26(31)28(27(25)32)21-9-11-23(12-10-21)36-19(2)30/h4-16,18,25H,17H2,1-3H3. The van der Waals surface area contributed by atoms with Gasteiger partial charge in [-0.15, -0.1) is 0 Å². The van der Waals surface area contributed by atoms with Gasteiger partial charge in [-0.3, -0.25) is 14.4 Å². The molecule has 3 aromatic carbocycles. The maximum absolute atomic E-state index is 13.9. The summed E-state index contributed by atoms with van der Waals surface area (Å²) >= 11 is 0. The molecule has 0 N–H and O–H groups in total. The maximum atomic E-state index is 13.9. The lowest BCUT2D eigenvalue weighted by atomic mass is 10.1. The van der Waals surface area contributed by atoms with Crippen LogP contribution < -0.4 is 14.4 Å². The third kappa shape index (κ3) is 5.25. The molecule has 1 saturated heterocycles. The van der Waals surface area contributed by atoms with E-state index in [1.807, 2.05) is 6.07 Å². The van der Waals surface area contributed by atoms with Crippen molar-refractivity contribution in [2.24, 2.45) is 0 Å². The molecular weight excluding hydrogens is 496 g/mol. The molecule has 10 heteroatoms. The highest BCUT2D eigenvalue weighted by molar-refractivity contribution is 7.89. The molecule has 4 rings (SSSR count). The molecular formula is C27H26N2O7S. The monoisotopic (exact) mass is 522 g/mol. The van der Waals surface area contributed by atoms with Crippen LogP contribution in [0, 0.1) is 0 Å². The minimum absolute atomic E-state index is 0.0273. The zero-order valence-corrected chi connectivity index (χ0v) is 21.3. The molecule has 2 unspecified atom stereocenters. The Balaban J connectivity index is 1.73. The van der Waals surface area contributed by atoms with E-state index in [1.54, 1.807) is 31.2 Å². The van der Waals surface area contributed by atoms with Crippen LogP contribution in [0.4, 0.5) is 5.69 Å². The number of anilines is 1. The van der Waals surface area contributed by atoms with Gasteiger partial charge in [-0.2, -0.15) is 4.31 Å². The van der Waals surface area contributed by atoms with Crippen molar-refractivity contribution in [1.82, 2.24) is 4.31 Å². The maximum Gasteiger partial charge on any atom is 0.308 e. The zero-order chi connectivity index (χ0) is 26.7. The number of carbonyl (C=O) groups excluding carboxylic acids is 3. The predicted octanol–water partition coefficient (Wildman–Crippen LogP) is 3.70. The number of carbonyl (C=O) groups is 3. The summed E-state index contributed by atoms with van der Waals surface area (Å²) in [5.74, 6) is -0.962. The van der Waals surface area contributed by atoms with Crippen molar-refractivity contribution in [3.8, 4) is 11.5 Å². The first-order valence-electron chi connectivity index (χ1n) is 11.5. The largest absolute Gasteiger partial charge is 0.497 e. The number of amides is 2. The fraction of sp³-hybridized carbons (Fsp3) is 0.222. The van der Waals surface area contributed by atoms with Gasteiger partial charge >= 0.3 is 5.97 Å².